The Morgan fingerprint density at radius 1 is 1.07 bits per heavy atom. The van der Waals surface area contributed by atoms with Gasteiger partial charge in [0.05, 0.1) is 29.4 Å². The van der Waals surface area contributed by atoms with Crippen LogP contribution >= 0.6 is 0 Å². The maximum absolute atomic E-state index is 15.0. The van der Waals surface area contributed by atoms with Gasteiger partial charge in [-0.15, -0.1) is 0 Å². The van der Waals surface area contributed by atoms with Crippen molar-refractivity contribution < 1.29 is 23.5 Å². The number of anilines is 1. The van der Waals surface area contributed by atoms with Crippen molar-refractivity contribution in [1.82, 2.24) is 19.7 Å². The number of rotatable bonds is 7. The number of carbonyl (C=O) groups is 2. The fourth-order valence-electron chi connectivity index (χ4n) is 4.74. The van der Waals surface area contributed by atoms with Gasteiger partial charge in [0.25, 0.3) is 0 Å². The fourth-order valence-corrected chi connectivity index (χ4v) is 4.74. The van der Waals surface area contributed by atoms with E-state index >= 15 is 0 Å². The lowest BCUT2D eigenvalue weighted by molar-refractivity contribution is -0.130. The second-order valence-electron chi connectivity index (χ2n) is 11.2. The molecule has 2 aromatic carbocycles. The number of aromatic nitrogens is 3. The van der Waals surface area contributed by atoms with Gasteiger partial charge < -0.3 is 19.7 Å². The molecule has 0 saturated carbocycles. The summed E-state index contributed by atoms with van der Waals surface area (Å²) in [6.07, 6.45) is 6.36. The SMILES string of the molecule is CC(=O)N1CCC(Oc2ccc3nccc(Oc4ccc(CC(=O)Nc5cnn(C(C)(C)C)c5)c(F)c4)c3c2)CC1. The number of benzene rings is 2. The van der Waals surface area contributed by atoms with Gasteiger partial charge in [-0.2, -0.15) is 5.10 Å². The number of amides is 2. The first-order chi connectivity index (χ1) is 19.5. The van der Waals surface area contributed by atoms with E-state index in [-0.39, 0.29) is 35.4 Å². The average Bonchev–Trinajstić information content (AvgIpc) is 3.40. The van der Waals surface area contributed by atoms with Crippen LogP contribution in [0.5, 0.6) is 17.2 Å². The highest BCUT2D eigenvalue weighted by atomic mass is 19.1. The van der Waals surface area contributed by atoms with Gasteiger partial charge in [-0.05, 0) is 56.7 Å². The van der Waals surface area contributed by atoms with Gasteiger partial charge in [0.2, 0.25) is 11.8 Å². The molecule has 1 aliphatic heterocycles. The second kappa shape index (κ2) is 11.6. The van der Waals surface area contributed by atoms with Crippen LogP contribution in [0.2, 0.25) is 0 Å². The van der Waals surface area contributed by atoms with E-state index in [1.807, 2.05) is 43.9 Å². The lowest BCUT2D eigenvalue weighted by Gasteiger charge is -2.31. The summed E-state index contributed by atoms with van der Waals surface area (Å²) in [5, 5.41) is 7.76. The lowest BCUT2D eigenvalue weighted by Crippen LogP contribution is -2.40. The monoisotopic (exact) mass is 559 g/mol. The molecule has 0 atom stereocenters. The third-order valence-corrected chi connectivity index (χ3v) is 7.02. The highest BCUT2D eigenvalue weighted by molar-refractivity contribution is 5.92. The molecular formula is C31H34FN5O4. The number of pyridine rings is 1. The fraction of sp³-hybridized carbons (Fsp3) is 0.355. The van der Waals surface area contributed by atoms with E-state index in [0.29, 0.717) is 41.5 Å². The predicted molar refractivity (Wildman–Crippen MR) is 154 cm³/mol. The summed E-state index contributed by atoms with van der Waals surface area (Å²) in [6, 6.07) is 11.8. The molecule has 4 aromatic rings. The van der Waals surface area contributed by atoms with E-state index in [9.17, 15) is 14.0 Å². The van der Waals surface area contributed by atoms with Crippen LogP contribution in [0.25, 0.3) is 10.9 Å². The number of likely N-dealkylation sites (tertiary alicyclic amines) is 1. The molecule has 9 nitrogen and oxygen atoms in total. The van der Waals surface area contributed by atoms with Crippen molar-refractivity contribution in [3.8, 4) is 17.2 Å². The van der Waals surface area contributed by atoms with E-state index in [4.69, 9.17) is 9.47 Å². The Hall–Kier alpha value is -4.47. The van der Waals surface area contributed by atoms with E-state index in [1.165, 1.54) is 6.07 Å². The maximum Gasteiger partial charge on any atom is 0.228 e. The molecule has 1 fully saturated rings. The minimum atomic E-state index is -0.540. The van der Waals surface area contributed by atoms with Crippen LogP contribution in [0.1, 0.15) is 46.1 Å². The average molecular weight is 560 g/mol. The molecule has 0 radical (unpaired) electrons. The van der Waals surface area contributed by atoms with Crippen LogP contribution in [0.3, 0.4) is 0 Å². The first-order valence-electron chi connectivity index (χ1n) is 13.7. The van der Waals surface area contributed by atoms with Gasteiger partial charge in [0, 0.05) is 56.7 Å². The molecule has 0 spiro atoms. The minimum Gasteiger partial charge on any atom is -0.490 e. The van der Waals surface area contributed by atoms with Crippen LogP contribution in [0, 0.1) is 5.82 Å². The van der Waals surface area contributed by atoms with Crippen molar-refractivity contribution in [3.63, 3.8) is 0 Å². The summed E-state index contributed by atoms with van der Waals surface area (Å²) in [6.45, 7) is 8.96. The van der Waals surface area contributed by atoms with E-state index in [2.05, 4.69) is 15.4 Å². The third kappa shape index (κ3) is 6.82. The molecule has 2 aromatic heterocycles. The van der Waals surface area contributed by atoms with Gasteiger partial charge in [0.1, 0.15) is 29.2 Å². The Labute approximate surface area is 238 Å². The standard InChI is InChI=1S/C31H34FN5O4/c1-20(38)36-13-10-23(11-14-36)40-24-7-8-28-26(16-24)29(9-12-33-28)41-25-6-5-21(27(32)17-25)15-30(39)35-22-18-34-37(19-22)31(2,3)4/h5-9,12,16-19,23H,10-11,13-15H2,1-4H3,(H,35,39). The highest BCUT2D eigenvalue weighted by Gasteiger charge is 2.22. The summed E-state index contributed by atoms with van der Waals surface area (Å²) >= 11 is 0. The molecule has 10 heteroatoms. The zero-order valence-electron chi connectivity index (χ0n) is 23.7. The smallest absolute Gasteiger partial charge is 0.228 e. The van der Waals surface area contributed by atoms with Gasteiger partial charge in [-0.25, -0.2) is 4.39 Å². The van der Waals surface area contributed by atoms with Crippen LogP contribution in [0.4, 0.5) is 10.1 Å². The Balaban J connectivity index is 1.25. The van der Waals surface area contributed by atoms with Gasteiger partial charge in [0.15, 0.2) is 0 Å². The molecule has 0 unspecified atom stereocenters. The quantitative estimate of drug-likeness (QED) is 0.313. The Kier molecular flexibility index (Phi) is 7.92. The summed E-state index contributed by atoms with van der Waals surface area (Å²) in [7, 11) is 0. The molecule has 1 saturated heterocycles. The van der Waals surface area contributed by atoms with E-state index in [1.54, 1.807) is 48.4 Å². The largest absolute Gasteiger partial charge is 0.490 e. The molecule has 2 amide bonds. The van der Waals surface area contributed by atoms with Crippen molar-refractivity contribution >= 4 is 28.4 Å². The Morgan fingerprint density at radius 3 is 2.51 bits per heavy atom. The number of hydrogen-bond donors (Lipinski definition) is 1. The molecule has 41 heavy (non-hydrogen) atoms. The Morgan fingerprint density at radius 2 is 1.83 bits per heavy atom. The van der Waals surface area contributed by atoms with Crippen molar-refractivity contribution in [3.05, 3.63) is 72.4 Å². The molecule has 214 valence electrons. The number of piperidine rings is 1. The highest BCUT2D eigenvalue weighted by Crippen LogP contribution is 2.33. The topological polar surface area (TPSA) is 98.6 Å². The zero-order valence-corrected chi connectivity index (χ0v) is 23.7. The zero-order chi connectivity index (χ0) is 29.1. The van der Waals surface area contributed by atoms with Crippen molar-refractivity contribution in [2.24, 2.45) is 0 Å². The summed E-state index contributed by atoms with van der Waals surface area (Å²) in [5.41, 5.74) is 1.31. The number of carbonyl (C=O) groups excluding carboxylic acids is 2. The molecule has 0 aliphatic carbocycles. The number of ether oxygens (including phenoxy) is 2. The van der Waals surface area contributed by atoms with Gasteiger partial charge >= 0.3 is 0 Å². The molecule has 0 bridgehead atoms. The molecule has 1 N–H and O–H groups in total. The van der Waals surface area contributed by atoms with Gasteiger partial charge in [-0.1, -0.05) is 6.07 Å². The second-order valence-corrected chi connectivity index (χ2v) is 11.2. The first kappa shape index (κ1) is 28.1. The maximum atomic E-state index is 15.0. The predicted octanol–water partition coefficient (Wildman–Crippen LogP) is 5.69. The number of nitrogens with zero attached hydrogens (tertiary/aromatic N) is 4. The summed E-state index contributed by atoms with van der Waals surface area (Å²) in [4.78, 5) is 30.4. The van der Waals surface area contributed by atoms with E-state index < -0.39 is 5.82 Å². The number of halogens is 1. The normalized spacial score (nSPS) is 14.2. The van der Waals surface area contributed by atoms with Crippen molar-refractivity contribution in [1.29, 1.82) is 0 Å². The number of fused-ring (bicyclic) bond motifs is 1. The summed E-state index contributed by atoms with van der Waals surface area (Å²) in [5.74, 6) is 0.686. The van der Waals surface area contributed by atoms with Gasteiger partial charge in [-0.3, -0.25) is 19.3 Å². The van der Waals surface area contributed by atoms with Crippen molar-refractivity contribution in [2.45, 2.75) is 58.6 Å². The molecule has 1 aliphatic rings. The van der Waals surface area contributed by atoms with Crippen LogP contribution in [-0.2, 0) is 21.5 Å². The van der Waals surface area contributed by atoms with Crippen LogP contribution < -0.4 is 14.8 Å². The van der Waals surface area contributed by atoms with Crippen molar-refractivity contribution in [2.75, 3.05) is 18.4 Å². The molecule has 5 rings (SSSR count). The number of nitrogens with one attached hydrogen (secondary N) is 1. The summed E-state index contributed by atoms with van der Waals surface area (Å²) < 4.78 is 29.0. The Bertz CT molecular complexity index is 1570. The first-order valence-corrected chi connectivity index (χ1v) is 13.7. The van der Waals surface area contributed by atoms with Crippen LogP contribution in [0.15, 0.2) is 61.1 Å². The minimum absolute atomic E-state index is 0.0117. The third-order valence-electron chi connectivity index (χ3n) is 7.02. The number of hydrogen-bond acceptors (Lipinski definition) is 6. The lowest BCUT2D eigenvalue weighted by atomic mass is 10.1. The van der Waals surface area contributed by atoms with E-state index in [0.717, 1.165) is 18.2 Å². The van der Waals surface area contributed by atoms with Crippen LogP contribution in [-0.4, -0.2) is 50.7 Å². The molecule has 3 heterocycles. The molecular weight excluding hydrogens is 525 g/mol.